The number of aryl methyl sites for hydroxylation is 1. The minimum atomic E-state index is -4.31. The summed E-state index contributed by atoms with van der Waals surface area (Å²) in [6, 6.07) is 16.6. The zero-order chi connectivity index (χ0) is 32.5. The van der Waals surface area contributed by atoms with E-state index in [1.807, 2.05) is 12.1 Å². The van der Waals surface area contributed by atoms with E-state index in [2.05, 4.69) is 11.7 Å². The lowest BCUT2D eigenvalue weighted by molar-refractivity contribution is -0.187. The lowest BCUT2D eigenvalue weighted by Gasteiger charge is -2.21. The summed E-state index contributed by atoms with van der Waals surface area (Å²) < 4.78 is 109. The van der Waals surface area contributed by atoms with Crippen molar-refractivity contribution in [3.63, 3.8) is 0 Å². The second-order valence-electron chi connectivity index (χ2n) is 10.3. The second-order valence-corrected chi connectivity index (χ2v) is 11.1. The van der Waals surface area contributed by atoms with Crippen molar-refractivity contribution in [2.75, 3.05) is 0 Å². The average molecular weight is 663 g/mol. The first-order chi connectivity index (χ1) is 21.4. The summed E-state index contributed by atoms with van der Waals surface area (Å²) in [6.45, 7) is 2.07. The van der Waals surface area contributed by atoms with Crippen molar-refractivity contribution in [2.24, 2.45) is 0 Å². The number of halogens is 9. The first-order valence-electron chi connectivity index (χ1n) is 13.8. The summed E-state index contributed by atoms with van der Waals surface area (Å²) in [6.07, 6.45) is -1.40. The van der Waals surface area contributed by atoms with Crippen LogP contribution in [0.25, 0.3) is 33.4 Å². The van der Waals surface area contributed by atoms with Crippen molar-refractivity contribution < 1.29 is 35.5 Å². The molecule has 0 bridgehead atoms. The van der Waals surface area contributed by atoms with Gasteiger partial charge in [0.2, 0.25) is 0 Å². The highest BCUT2D eigenvalue weighted by Crippen LogP contribution is 2.41. The van der Waals surface area contributed by atoms with E-state index in [4.69, 9.17) is 23.2 Å². The Morgan fingerprint density at radius 3 is 1.82 bits per heavy atom. The second kappa shape index (κ2) is 13.2. The van der Waals surface area contributed by atoms with Gasteiger partial charge in [-0.2, -0.15) is 8.78 Å². The summed E-state index contributed by atoms with van der Waals surface area (Å²) >= 11 is 11.7. The van der Waals surface area contributed by atoms with Crippen LogP contribution in [-0.4, -0.2) is 0 Å². The molecule has 0 heterocycles. The predicted molar refractivity (Wildman–Crippen MR) is 162 cm³/mol. The molecule has 5 aromatic rings. The molecule has 0 N–H and O–H groups in total. The summed E-state index contributed by atoms with van der Waals surface area (Å²) in [5.74, 6) is -6.33. The minimum absolute atomic E-state index is 0.135. The smallest absolute Gasteiger partial charge is 0.429 e. The maximum Gasteiger partial charge on any atom is 0.431 e. The number of alkyl halides is 2. The Hall–Kier alpha value is -4.01. The van der Waals surface area contributed by atoms with Crippen LogP contribution < -0.4 is 4.74 Å². The molecule has 0 fully saturated rings. The van der Waals surface area contributed by atoms with Gasteiger partial charge in [-0.05, 0) is 89.2 Å². The van der Waals surface area contributed by atoms with Crippen LogP contribution in [0.15, 0.2) is 84.9 Å². The number of rotatable bonds is 9. The molecule has 10 heteroatoms. The van der Waals surface area contributed by atoms with Gasteiger partial charge in [0.15, 0.2) is 0 Å². The lowest BCUT2D eigenvalue weighted by atomic mass is 9.98. The molecule has 0 aliphatic carbocycles. The number of benzene rings is 5. The molecule has 0 amide bonds. The third kappa shape index (κ3) is 6.97. The van der Waals surface area contributed by atoms with Crippen molar-refractivity contribution in [2.45, 2.75) is 32.3 Å². The van der Waals surface area contributed by atoms with E-state index in [0.717, 1.165) is 67.3 Å². The van der Waals surface area contributed by atoms with Crippen molar-refractivity contribution in [1.29, 1.82) is 0 Å². The standard InChI is InChI=1S/C35H23Cl2F7O/c1-2-3-4-19-5-7-20(8-6-19)22-13-27(37)34(32(42)15-22)35(43,44)45-24-10-11-25(28(38)18-24)23-16-30(40)33(31(41)17-23)21-9-12-26(36)29(39)14-21/h5-18H,2-4H2,1H3. The number of ether oxygens (including phenoxy) is 1. The summed E-state index contributed by atoms with van der Waals surface area (Å²) in [4.78, 5) is 0. The van der Waals surface area contributed by atoms with Gasteiger partial charge in [-0.3, -0.25) is 0 Å². The molecule has 0 atom stereocenters. The molecule has 0 unspecified atom stereocenters. The fourth-order valence-corrected chi connectivity index (χ4v) is 5.35. The molecule has 0 aliphatic heterocycles. The molecular formula is C35H23Cl2F7O. The van der Waals surface area contributed by atoms with Crippen molar-refractivity contribution in [3.05, 3.63) is 135 Å². The minimum Gasteiger partial charge on any atom is -0.429 e. The fraction of sp³-hybridized carbons (Fsp3) is 0.143. The van der Waals surface area contributed by atoms with Gasteiger partial charge in [0, 0.05) is 11.6 Å². The van der Waals surface area contributed by atoms with E-state index in [-0.39, 0.29) is 27.3 Å². The Labute approximate surface area is 264 Å². The monoisotopic (exact) mass is 662 g/mol. The highest BCUT2D eigenvalue weighted by atomic mass is 35.5. The van der Waals surface area contributed by atoms with Crippen LogP contribution in [-0.2, 0) is 12.5 Å². The van der Waals surface area contributed by atoms with Crippen LogP contribution in [0.3, 0.4) is 0 Å². The third-order valence-electron chi connectivity index (χ3n) is 7.19. The summed E-state index contributed by atoms with van der Waals surface area (Å²) in [5.41, 5.74) is -0.605. The van der Waals surface area contributed by atoms with Crippen LogP contribution in [0.1, 0.15) is 30.9 Å². The average Bonchev–Trinajstić information content (AvgIpc) is 2.97. The predicted octanol–water partition coefficient (Wildman–Crippen LogP) is 12.2. The van der Waals surface area contributed by atoms with Gasteiger partial charge in [-0.15, -0.1) is 0 Å². The van der Waals surface area contributed by atoms with Crippen LogP contribution >= 0.6 is 23.2 Å². The van der Waals surface area contributed by atoms with Crippen LogP contribution in [0.4, 0.5) is 30.7 Å². The molecule has 0 aliphatic rings. The summed E-state index contributed by atoms with van der Waals surface area (Å²) in [7, 11) is 0. The van der Waals surface area contributed by atoms with Crippen molar-refractivity contribution in [3.8, 4) is 39.1 Å². The maximum absolute atomic E-state index is 15.2. The van der Waals surface area contributed by atoms with Gasteiger partial charge in [0.1, 0.15) is 40.4 Å². The molecule has 0 aromatic heterocycles. The summed E-state index contributed by atoms with van der Waals surface area (Å²) in [5, 5.41) is -0.842. The molecule has 232 valence electrons. The number of unbranched alkanes of at least 4 members (excludes halogenated alkanes) is 1. The molecule has 1 nitrogen and oxygen atoms in total. The lowest BCUT2D eigenvalue weighted by Crippen LogP contribution is -2.24. The normalized spacial score (nSPS) is 11.6. The SMILES string of the molecule is CCCCc1ccc(-c2cc(F)c(C(F)(F)Oc3ccc(-c4cc(F)c(-c5ccc(Cl)c(F)c5)c(F)c4)c(F)c3)c(Cl)c2)cc1. The third-order valence-corrected chi connectivity index (χ3v) is 7.79. The first kappa shape index (κ1) is 32.4. The van der Waals surface area contributed by atoms with Gasteiger partial charge in [-0.25, -0.2) is 22.0 Å². The van der Waals surface area contributed by atoms with Crippen LogP contribution in [0, 0.1) is 29.1 Å². The Morgan fingerprint density at radius 1 is 0.600 bits per heavy atom. The van der Waals surface area contributed by atoms with Crippen LogP contribution in [0.5, 0.6) is 5.75 Å². The molecule has 45 heavy (non-hydrogen) atoms. The van der Waals surface area contributed by atoms with E-state index in [9.17, 15) is 13.2 Å². The Balaban J connectivity index is 1.38. The van der Waals surface area contributed by atoms with E-state index < -0.39 is 57.1 Å². The van der Waals surface area contributed by atoms with Crippen molar-refractivity contribution >= 4 is 23.2 Å². The quantitative estimate of drug-likeness (QED) is 0.143. The zero-order valence-corrected chi connectivity index (χ0v) is 25.0. The molecule has 0 saturated carbocycles. The Morgan fingerprint density at radius 2 is 1.22 bits per heavy atom. The molecular weight excluding hydrogens is 640 g/mol. The van der Waals surface area contributed by atoms with E-state index in [0.29, 0.717) is 11.6 Å². The van der Waals surface area contributed by atoms with Gasteiger partial charge in [0.05, 0.1) is 15.6 Å². The van der Waals surface area contributed by atoms with E-state index >= 15 is 17.6 Å². The number of hydrogen-bond acceptors (Lipinski definition) is 1. The van der Waals surface area contributed by atoms with Gasteiger partial charge in [0.25, 0.3) is 0 Å². The highest BCUT2D eigenvalue weighted by molar-refractivity contribution is 6.31. The van der Waals surface area contributed by atoms with E-state index in [1.54, 1.807) is 12.1 Å². The number of hydrogen-bond donors (Lipinski definition) is 0. The Bertz CT molecular complexity index is 1830. The molecule has 5 aromatic carbocycles. The zero-order valence-electron chi connectivity index (χ0n) is 23.5. The first-order valence-corrected chi connectivity index (χ1v) is 14.5. The molecule has 0 radical (unpaired) electrons. The maximum atomic E-state index is 15.2. The largest absolute Gasteiger partial charge is 0.431 e. The molecule has 5 rings (SSSR count). The Kier molecular flexibility index (Phi) is 9.46. The highest BCUT2D eigenvalue weighted by Gasteiger charge is 2.40. The molecule has 0 spiro atoms. The van der Waals surface area contributed by atoms with Crippen molar-refractivity contribution in [1.82, 2.24) is 0 Å². The molecule has 0 saturated heterocycles. The fourth-order valence-electron chi connectivity index (χ4n) is 4.91. The van der Waals surface area contributed by atoms with Gasteiger partial charge < -0.3 is 4.74 Å². The van der Waals surface area contributed by atoms with Gasteiger partial charge >= 0.3 is 6.11 Å². The van der Waals surface area contributed by atoms with E-state index in [1.165, 1.54) is 12.1 Å². The van der Waals surface area contributed by atoms with Gasteiger partial charge in [-0.1, -0.05) is 66.9 Å². The van der Waals surface area contributed by atoms with Crippen LogP contribution in [0.2, 0.25) is 10.0 Å². The topological polar surface area (TPSA) is 9.23 Å².